The maximum atomic E-state index is 12.8. The predicted molar refractivity (Wildman–Crippen MR) is 106 cm³/mol. The molecule has 0 aliphatic heterocycles. The second kappa shape index (κ2) is 6.00. The summed E-state index contributed by atoms with van der Waals surface area (Å²) in [6.07, 6.45) is 3.78. The molecule has 4 rings (SSSR count). The van der Waals surface area contributed by atoms with Crippen molar-refractivity contribution < 1.29 is 9.90 Å². The van der Waals surface area contributed by atoms with Gasteiger partial charge in [-0.3, -0.25) is 9.78 Å². The molecule has 134 valence electrons. The number of fused-ring (bicyclic) bond motifs is 3. The number of aromatic nitrogens is 1. The van der Waals surface area contributed by atoms with E-state index in [0.717, 1.165) is 34.0 Å². The lowest BCUT2D eigenvalue weighted by Crippen LogP contribution is -2.42. The number of pyridine rings is 1. The van der Waals surface area contributed by atoms with Crippen molar-refractivity contribution in [1.29, 1.82) is 0 Å². The smallest absolute Gasteiger partial charge is 0.155 e. The van der Waals surface area contributed by atoms with Gasteiger partial charge in [0.05, 0.1) is 13.8 Å². The number of hydrogen-bond donors (Lipinski definition) is 1. The number of rotatable bonds is 2. The fourth-order valence-corrected chi connectivity index (χ4v) is 6.77. The van der Waals surface area contributed by atoms with E-state index in [2.05, 4.69) is 24.6 Å². The van der Waals surface area contributed by atoms with E-state index >= 15 is 0 Å². The Bertz CT molecular complexity index is 898. The van der Waals surface area contributed by atoms with Crippen LogP contribution < -0.4 is 0 Å². The molecule has 1 unspecified atom stereocenters. The molecule has 0 spiro atoms. The fourth-order valence-electron chi connectivity index (χ4n) is 4.67. The number of Topliss-reactive ketones (excluding diaryl/α,β-unsaturated/α-hetero) is 1. The van der Waals surface area contributed by atoms with Crippen LogP contribution in [0.3, 0.4) is 0 Å². The maximum Gasteiger partial charge on any atom is 0.155 e. The lowest BCUT2D eigenvalue weighted by molar-refractivity contribution is -0.115. The first kappa shape index (κ1) is 17.4. The fraction of sp³-hybridized carbons (Fsp3) is 0.364. The highest BCUT2D eigenvalue weighted by atomic mass is 28.3. The van der Waals surface area contributed by atoms with Crippen LogP contribution in [0.25, 0.3) is 5.57 Å². The third-order valence-corrected chi connectivity index (χ3v) is 7.78. The van der Waals surface area contributed by atoms with Gasteiger partial charge in [-0.05, 0) is 41.2 Å². The van der Waals surface area contributed by atoms with Crippen LogP contribution in [-0.4, -0.2) is 23.9 Å². The summed E-state index contributed by atoms with van der Waals surface area (Å²) < 4.78 is 0. The number of carbonyl (C=O) groups is 1. The molecule has 2 atom stereocenters. The Balaban J connectivity index is 2.01. The van der Waals surface area contributed by atoms with Crippen LogP contribution in [0.15, 0.2) is 53.9 Å². The summed E-state index contributed by atoms with van der Waals surface area (Å²) >= 11 is 0. The summed E-state index contributed by atoms with van der Waals surface area (Å²) in [5.41, 5.74) is 2.64. The monoisotopic (exact) mass is 363 g/mol. The Morgan fingerprint density at radius 1 is 1.12 bits per heavy atom. The maximum absolute atomic E-state index is 12.8. The van der Waals surface area contributed by atoms with Gasteiger partial charge in [0.2, 0.25) is 0 Å². The van der Waals surface area contributed by atoms with Crippen LogP contribution in [0.5, 0.6) is 0 Å². The molecule has 0 amide bonds. The largest absolute Gasteiger partial charge is 0.380 e. The minimum atomic E-state index is -1.81. The average Bonchev–Trinajstić information content (AvgIpc) is 2.62. The van der Waals surface area contributed by atoms with Gasteiger partial charge < -0.3 is 5.11 Å². The third-order valence-electron chi connectivity index (χ3n) is 5.73. The lowest BCUT2D eigenvalue weighted by Gasteiger charge is -2.43. The van der Waals surface area contributed by atoms with Gasteiger partial charge in [0.1, 0.15) is 5.60 Å². The Kier molecular flexibility index (Phi) is 4.01. The first-order chi connectivity index (χ1) is 12.3. The topological polar surface area (TPSA) is 50.2 Å². The van der Waals surface area contributed by atoms with Gasteiger partial charge in [-0.15, -0.1) is 0 Å². The summed E-state index contributed by atoms with van der Waals surface area (Å²) in [6.45, 7) is 6.70. The molecule has 1 N–H and O–H groups in total. The number of hydrogen-bond acceptors (Lipinski definition) is 3. The number of benzene rings is 1. The molecule has 4 heteroatoms. The average molecular weight is 364 g/mol. The van der Waals surface area contributed by atoms with E-state index in [4.69, 9.17) is 0 Å². The molecular weight excluding hydrogens is 338 g/mol. The Labute approximate surface area is 155 Å². The molecule has 2 aliphatic carbocycles. The number of carbonyl (C=O) groups excluding carboxylic acids is 1. The highest BCUT2D eigenvalue weighted by Gasteiger charge is 2.47. The lowest BCUT2D eigenvalue weighted by atomic mass is 9.67. The second-order valence-electron chi connectivity index (χ2n) is 8.53. The van der Waals surface area contributed by atoms with E-state index in [0.29, 0.717) is 12.8 Å². The van der Waals surface area contributed by atoms with Gasteiger partial charge in [-0.25, -0.2) is 0 Å². The highest BCUT2D eigenvalue weighted by molar-refractivity contribution is 6.88. The Morgan fingerprint density at radius 2 is 1.85 bits per heavy atom. The van der Waals surface area contributed by atoms with Crippen molar-refractivity contribution in [1.82, 2.24) is 4.98 Å². The zero-order chi connectivity index (χ0) is 18.5. The normalized spacial score (nSPS) is 25.7. The van der Waals surface area contributed by atoms with E-state index in [1.165, 1.54) is 0 Å². The van der Waals surface area contributed by atoms with E-state index in [1.54, 1.807) is 6.20 Å². The zero-order valence-corrected chi connectivity index (χ0v) is 16.6. The second-order valence-corrected chi connectivity index (χ2v) is 13.5. The number of ketones is 1. The van der Waals surface area contributed by atoms with Crippen molar-refractivity contribution in [3.8, 4) is 0 Å². The standard InChI is InChI=1S/C22H25NO2Si/c1-26(2,3)21-18(24)12-11-15-14-22(25,16-8-5-4-6-9-16)17-10-7-13-23-20(17)19(15)21/h4-10,13,15,25H,11-12,14H2,1-3H3/t15?,22-/m1/s1. The van der Waals surface area contributed by atoms with Crippen molar-refractivity contribution in [2.45, 2.75) is 44.5 Å². The number of aliphatic hydroxyl groups is 1. The minimum Gasteiger partial charge on any atom is -0.380 e. The van der Waals surface area contributed by atoms with Crippen LogP contribution in [0.1, 0.15) is 36.1 Å². The molecule has 0 radical (unpaired) electrons. The van der Waals surface area contributed by atoms with Crippen LogP contribution >= 0.6 is 0 Å². The SMILES string of the molecule is C[Si](C)(C)C1=C2c3ncccc3[C@](O)(c3ccccc3)CC2CCC1=O. The van der Waals surface area contributed by atoms with Crippen LogP contribution in [0, 0.1) is 5.92 Å². The Hall–Kier alpha value is -2.04. The number of nitrogens with zero attached hydrogens (tertiary/aromatic N) is 1. The molecule has 0 saturated heterocycles. The molecule has 2 aliphatic rings. The van der Waals surface area contributed by atoms with Crippen molar-refractivity contribution in [3.63, 3.8) is 0 Å². The number of allylic oxidation sites excluding steroid dienone is 2. The van der Waals surface area contributed by atoms with Crippen molar-refractivity contribution in [2.75, 3.05) is 0 Å². The summed E-state index contributed by atoms with van der Waals surface area (Å²) in [6, 6.07) is 13.7. The highest BCUT2D eigenvalue weighted by Crippen LogP contribution is 2.52. The van der Waals surface area contributed by atoms with E-state index in [-0.39, 0.29) is 11.7 Å². The van der Waals surface area contributed by atoms with E-state index in [9.17, 15) is 9.90 Å². The quantitative estimate of drug-likeness (QED) is 0.808. The molecule has 1 aromatic heterocycles. The molecule has 1 heterocycles. The van der Waals surface area contributed by atoms with Crippen LogP contribution in [0.2, 0.25) is 19.6 Å². The molecule has 26 heavy (non-hydrogen) atoms. The minimum absolute atomic E-state index is 0.182. The molecule has 0 bridgehead atoms. The Morgan fingerprint density at radius 3 is 2.54 bits per heavy atom. The van der Waals surface area contributed by atoms with Crippen molar-refractivity contribution >= 4 is 19.4 Å². The molecule has 0 fully saturated rings. The van der Waals surface area contributed by atoms with E-state index in [1.807, 2.05) is 42.5 Å². The molecular formula is C22H25NO2Si. The summed E-state index contributed by atoms with van der Waals surface area (Å²) in [5, 5.41) is 12.8. The first-order valence-corrected chi connectivity index (χ1v) is 12.8. The van der Waals surface area contributed by atoms with Crippen molar-refractivity contribution in [3.05, 3.63) is 70.7 Å². The van der Waals surface area contributed by atoms with Gasteiger partial charge in [0.25, 0.3) is 0 Å². The predicted octanol–water partition coefficient (Wildman–Crippen LogP) is 4.33. The van der Waals surface area contributed by atoms with Gasteiger partial charge in [0, 0.05) is 18.2 Å². The van der Waals surface area contributed by atoms with E-state index < -0.39 is 13.7 Å². The first-order valence-electron chi connectivity index (χ1n) is 9.34. The van der Waals surface area contributed by atoms with Crippen LogP contribution in [0.4, 0.5) is 0 Å². The van der Waals surface area contributed by atoms with Gasteiger partial charge in [-0.1, -0.05) is 56.0 Å². The third kappa shape index (κ3) is 2.60. The summed E-state index contributed by atoms with van der Waals surface area (Å²) in [7, 11) is -1.81. The van der Waals surface area contributed by atoms with Crippen molar-refractivity contribution in [2.24, 2.45) is 5.92 Å². The van der Waals surface area contributed by atoms with Crippen LogP contribution in [-0.2, 0) is 10.4 Å². The molecule has 0 saturated carbocycles. The summed E-state index contributed by atoms with van der Waals surface area (Å²) in [4.78, 5) is 17.5. The van der Waals surface area contributed by atoms with Gasteiger partial charge in [-0.2, -0.15) is 0 Å². The van der Waals surface area contributed by atoms with Gasteiger partial charge in [0.15, 0.2) is 5.78 Å². The summed E-state index contributed by atoms with van der Waals surface area (Å²) in [5.74, 6) is 0.471. The molecule has 3 nitrogen and oxygen atoms in total. The van der Waals surface area contributed by atoms with Gasteiger partial charge >= 0.3 is 0 Å². The molecule has 2 aromatic rings. The zero-order valence-electron chi connectivity index (χ0n) is 15.6. The molecule has 1 aromatic carbocycles.